The van der Waals surface area contributed by atoms with Crippen molar-refractivity contribution in [2.75, 3.05) is 11.6 Å². The minimum atomic E-state index is -0.348. The summed E-state index contributed by atoms with van der Waals surface area (Å²) in [5.41, 5.74) is 2.04. The van der Waals surface area contributed by atoms with Crippen LogP contribution in [-0.4, -0.2) is 17.3 Å². The molecule has 0 saturated heterocycles. The van der Waals surface area contributed by atoms with Crippen LogP contribution in [0, 0.1) is 12.7 Å². The molecular formula is C18H15FN2O2S. The fourth-order valence-electron chi connectivity index (χ4n) is 2.31. The monoisotopic (exact) mass is 342 g/mol. The van der Waals surface area contributed by atoms with E-state index in [0.29, 0.717) is 28.3 Å². The lowest BCUT2D eigenvalue weighted by Crippen LogP contribution is -2.13. The number of hydrogen-bond donors (Lipinski definition) is 1. The van der Waals surface area contributed by atoms with Crippen LogP contribution < -0.4 is 5.32 Å². The van der Waals surface area contributed by atoms with Crippen molar-refractivity contribution in [1.82, 2.24) is 5.16 Å². The number of nitrogens with zero attached hydrogens (tertiary/aromatic N) is 1. The van der Waals surface area contributed by atoms with Crippen LogP contribution in [-0.2, 0) is 0 Å². The summed E-state index contributed by atoms with van der Waals surface area (Å²) in [4.78, 5) is 13.7. The van der Waals surface area contributed by atoms with Crippen molar-refractivity contribution in [2.45, 2.75) is 11.8 Å². The lowest BCUT2D eigenvalue weighted by atomic mass is 10.1. The minimum Gasteiger partial charge on any atom is -0.360 e. The van der Waals surface area contributed by atoms with Crippen molar-refractivity contribution in [3.8, 4) is 11.3 Å². The van der Waals surface area contributed by atoms with Gasteiger partial charge in [0, 0.05) is 16.1 Å². The van der Waals surface area contributed by atoms with Gasteiger partial charge in [-0.1, -0.05) is 5.16 Å². The Labute approximate surface area is 143 Å². The molecule has 0 fully saturated rings. The second-order valence-electron chi connectivity index (χ2n) is 5.15. The third kappa shape index (κ3) is 3.33. The number of halogens is 1. The maximum Gasteiger partial charge on any atom is 0.261 e. The maximum absolute atomic E-state index is 13.1. The molecule has 0 saturated carbocycles. The molecule has 0 aliphatic rings. The van der Waals surface area contributed by atoms with Crippen molar-refractivity contribution in [3.05, 3.63) is 65.7 Å². The van der Waals surface area contributed by atoms with E-state index >= 15 is 0 Å². The van der Waals surface area contributed by atoms with Crippen LogP contribution in [0.4, 0.5) is 10.1 Å². The first-order valence-corrected chi connectivity index (χ1v) is 8.48. The highest BCUT2D eigenvalue weighted by molar-refractivity contribution is 7.98. The molecule has 1 N–H and O–H groups in total. The molecule has 0 unspecified atom stereocenters. The number of aromatic nitrogens is 1. The van der Waals surface area contributed by atoms with Crippen LogP contribution in [0.5, 0.6) is 0 Å². The van der Waals surface area contributed by atoms with Crippen molar-refractivity contribution in [3.63, 3.8) is 0 Å². The number of nitrogens with one attached hydrogen (secondary N) is 1. The van der Waals surface area contributed by atoms with Gasteiger partial charge in [0.25, 0.3) is 5.91 Å². The van der Waals surface area contributed by atoms with Gasteiger partial charge in [-0.05, 0) is 61.7 Å². The van der Waals surface area contributed by atoms with Gasteiger partial charge in [-0.3, -0.25) is 4.79 Å². The van der Waals surface area contributed by atoms with E-state index in [1.54, 1.807) is 30.8 Å². The summed E-state index contributed by atoms with van der Waals surface area (Å²) in [5.74, 6) is -0.253. The quantitative estimate of drug-likeness (QED) is 0.694. The van der Waals surface area contributed by atoms with E-state index in [2.05, 4.69) is 10.5 Å². The van der Waals surface area contributed by atoms with Crippen LogP contribution in [0.2, 0.25) is 0 Å². The molecule has 0 spiro atoms. The van der Waals surface area contributed by atoms with E-state index in [-0.39, 0.29) is 11.7 Å². The third-order valence-electron chi connectivity index (χ3n) is 3.56. The molecule has 0 atom stereocenters. The molecule has 3 rings (SSSR count). The number of carbonyl (C=O) groups excluding carboxylic acids is 1. The SMILES string of the molecule is CSc1ccc(NC(=O)c2c(-c3ccc(F)cc3)noc2C)cc1. The zero-order valence-electron chi connectivity index (χ0n) is 13.2. The standard InChI is InChI=1S/C18H15FN2O2S/c1-11-16(17(21-23-11)12-3-5-13(19)6-4-12)18(22)20-14-7-9-15(24-2)10-8-14/h3-10H,1-2H3,(H,20,22). The predicted molar refractivity (Wildman–Crippen MR) is 92.8 cm³/mol. The first-order valence-electron chi connectivity index (χ1n) is 7.26. The van der Waals surface area contributed by atoms with Crippen LogP contribution in [0.15, 0.2) is 57.9 Å². The molecule has 6 heteroatoms. The summed E-state index contributed by atoms with van der Waals surface area (Å²) in [6, 6.07) is 13.3. The van der Waals surface area contributed by atoms with Gasteiger partial charge < -0.3 is 9.84 Å². The molecular weight excluding hydrogens is 327 g/mol. The first-order chi connectivity index (χ1) is 11.6. The Balaban J connectivity index is 1.89. The molecule has 3 aromatic rings. The zero-order chi connectivity index (χ0) is 17.1. The summed E-state index contributed by atoms with van der Waals surface area (Å²) >= 11 is 1.63. The number of hydrogen-bond acceptors (Lipinski definition) is 4. The highest BCUT2D eigenvalue weighted by Gasteiger charge is 2.21. The average molecular weight is 342 g/mol. The van der Waals surface area contributed by atoms with Crippen molar-refractivity contribution < 1.29 is 13.7 Å². The summed E-state index contributed by atoms with van der Waals surface area (Å²) < 4.78 is 18.3. The largest absolute Gasteiger partial charge is 0.360 e. The third-order valence-corrected chi connectivity index (χ3v) is 4.30. The molecule has 4 nitrogen and oxygen atoms in total. The van der Waals surface area contributed by atoms with Gasteiger partial charge in [-0.2, -0.15) is 0 Å². The van der Waals surface area contributed by atoms with E-state index in [0.717, 1.165) is 4.90 Å². The smallest absolute Gasteiger partial charge is 0.261 e. The van der Waals surface area contributed by atoms with Crippen LogP contribution >= 0.6 is 11.8 Å². The van der Waals surface area contributed by atoms with Crippen molar-refractivity contribution in [2.24, 2.45) is 0 Å². The lowest BCUT2D eigenvalue weighted by molar-refractivity contribution is 0.102. The van der Waals surface area contributed by atoms with Crippen LogP contribution in [0.1, 0.15) is 16.1 Å². The predicted octanol–water partition coefficient (Wildman–Crippen LogP) is 4.76. The number of thioether (sulfide) groups is 1. The number of amides is 1. The highest BCUT2D eigenvalue weighted by Crippen LogP contribution is 2.26. The lowest BCUT2D eigenvalue weighted by Gasteiger charge is -2.06. The molecule has 0 radical (unpaired) electrons. The Hall–Kier alpha value is -2.60. The summed E-state index contributed by atoms with van der Waals surface area (Å²) in [7, 11) is 0. The number of anilines is 1. The van der Waals surface area contributed by atoms with Gasteiger partial charge >= 0.3 is 0 Å². The molecule has 1 aromatic heterocycles. The average Bonchev–Trinajstić information content (AvgIpc) is 2.98. The minimum absolute atomic E-state index is 0.315. The topological polar surface area (TPSA) is 55.1 Å². The zero-order valence-corrected chi connectivity index (χ0v) is 14.0. The fraction of sp³-hybridized carbons (Fsp3) is 0.111. The van der Waals surface area contributed by atoms with E-state index in [4.69, 9.17) is 4.52 Å². The molecule has 0 aliphatic heterocycles. The second kappa shape index (κ2) is 6.88. The molecule has 1 heterocycles. The van der Waals surface area contributed by atoms with Crippen LogP contribution in [0.3, 0.4) is 0 Å². The number of benzene rings is 2. The van der Waals surface area contributed by atoms with E-state index < -0.39 is 0 Å². The maximum atomic E-state index is 13.1. The highest BCUT2D eigenvalue weighted by atomic mass is 32.2. The summed E-state index contributed by atoms with van der Waals surface area (Å²) in [6.07, 6.45) is 1.99. The van der Waals surface area contributed by atoms with Gasteiger partial charge in [-0.15, -0.1) is 11.8 Å². The van der Waals surface area contributed by atoms with E-state index in [1.165, 1.54) is 12.1 Å². The van der Waals surface area contributed by atoms with E-state index in [9.17, 15) is 9.18 Å². The Kier molecular flexibility index (Phi) is 4.66. The van der Waals surface area contributed by atoms with Gasteiger partial charge in [0.15, 0.2) is 0 Å². The second-order valence-corrected chi connectivity index (χ2v) is 6.03. The van der Waals surface area contributed by atoms with Crippen LogP contribution in [0.25, 0.3) is 11.3 Å². The van der Waals surface area contributed by atoms with Gasteiger partial charge in [0.1, 0.15) is 22.8 Å². The Morgan fingerprint density at radius 2 is 1.79 bits per heavy atom. The normalized spacial score (nSPS) is 10.6. The number of aryl methyl sites for hydroxylation is 1. The number of rotatable bonds is 4. The number of carbonyl (C=O) groups is 1. The Morgan fingerprint density at radius 3 is 2.42 bits per heavy atom. The van der Waals surface area contributed by atoms with Crippen molar-refractivity contribution >= 4 is 23.4 Å². The molecule has 0 bridgehead atoms. The van der Waals surface area contributed by atoms with Gasteiger partial charge in [0.2, 0.25) is 0 Å². The van der Waals surface area contributed by atoms with E-state index in [1.807, 2.05) is 30.5 Å². The Morgan fingerprint density at radius 1 is 1.12 bits per heavy atom. The fourth-order valence-corrected chi connectivity index (χ4v) is 2.72. The summed E-state index contributed by atoms with van der Waals surface area (Å²) in [5, 5.41) is 6.78. The van der Waals surface area contributed by atoms with Gasteiger partial charge in [-0.25, -0.2) is 4.39 Å². The Bertz CT molecular complexity index is 858. The van der Waals surface area contributed by atoms with Gasteiger partial charge in [0.05, 0.1) is 0 Å². The first kappa shape index (κ1) is 16.3. The molecule has 24 heavy (non-hydrogen) atoms. The molecule has 2 aromatic carbocycles. The molecule has 122 valence electrons. The molecule has 0 aliphatic carbocycles. The summed E-state index contributed by atoms with van der Waals surface area (Å²) in [6.45, 7) is 1.67. The molecule has 1 amide bonds. The van der Waals surface area contributed by atoms with Crippen molar-refractivity contribution in [1.29, 1.82) is 0 Å².